The first-order valence-electron chi connectivity index (χ1n) is 7.22. The van der Waals surface area contributed by atoms with Crippen molar-refractivity contribution < 1.29 is 0 Å². The van der Waals surface area contributed by atoms with Crippen LogP contribution in [-0.2, 0) is 11.8 Å². The summed E-state index contributed by atoms with van der Waals surface area (Å²) >= 11 is 1.47. The van der Waals surface area contributed by atoms with Gasteiger partial charge < -0.3 is 5.32 Å². The molecule has 0 bridgehead atoms. The number of anilines is 1. The topological polar surface area (TPSA) is 37.8 Å². The summed E-state index contributed by atoms with van der Waals surface area (Å²) in [6.07, 6.45) is 3.60. The average molecular weight is 287 g/mol. The van der Waals surface area contributed by atoms with Crippen LogP contribution in [0.2, 0.25) is 0 Å². The van der Waals surface area contributed by atoms with E-state index in [0.29, 0.717) is 6.04 Å². The molecule has 2 aromatic rings. The highest BCUT2D eigenvalue weighted by Gasteiger charge is 2.23. The molecule has 0 amide bonds. The van der Waals surface area contributed by atoms with Gasteiger partial charge in [0.15, 0.2) is 0 Å². The lowest BCUT2D eigenvalue weighted by Gasteiger charge is -2.26. The molecular formula is C16H21N3S. The highest BCUT2D eigenvalue weighted by atomic mass is 32.1. The summed E-state index contributed by atoms with van der Waals surface area (Å²) in [5.74, 6) is 0.925. The van der Waals surface area contributed by atoms with E-state index in [9.17, 15) is 0 Å². The number of benzene rings is 1. The zero-order chi connectivity index (χ0) is 14.2. The predicted molar refractivity (Wildman–Crippen MR) is 84.4 cm³/mol. The zero-order valence-electron chi connectivity index (χ0n) is 12.3. The predicted octanol–water partition coefficient (Wildman–Crippen LogP) is 4.33. The summed E-state index contributed by atoms with van der Waals surface area (Å²) in [7, 11) is 0. The largest absolute Gasteiger partial charge is 0.353 e. The summed E-state index contributed by atoms with van der Waals surface area (Å²) in [5, 5.41) is 4.52. The number of fused-ring (bicyclic) bond motifs is 1. The van der Waals surface area contributed by atoms with Gasteiger partial charge in [0.2, 0.25) is 5.13 Å². The third kappa shape index (κ3) is 2.70. The van der Waals surface area contributed by atoms with Crippen molar-refractivity contribution in [2.24, 2.45) is 0 Å². The monoisotopic (exact) mass is 287 g/mol. The van der Waals surface area contributed by atoms with E-state index in [-0.39, 0.29) is 5.41 Å². The Labute approximate surface area is 124 Å². The van der Waals surface area contributed by atoms with E-state index in [0.717, 1.165) is 11.0 Å². The fourth-order valence-corrected chi connectivity index (χ4v) is 3.45. The van der Waals surface area contributed by atoms with E-state index >= 15 is 0 Å². The normalized spacial score (nSPS) is 18.6. The standard InChI is InChI=1S/C16H21N3S/c1-16(2,3)14-18-15(20-19-14)17-13-10-6-8-11-7-4-5-9-12(11)13/h4-5,7,9,13H,6,8,10H2,1-3H3,(H,17,18,19). The molecule has 1 aliphatic carbocycles. The van der Waals surface area contributed by atoms with E-state index in [1.165, 1.54) is 41.9 Å². The van der Waals surface area contributed by atoms with E-state index in [4.69, 9.17) is 0 Å². The lowest BCUT2D eigenvalue weighted by molar-refractivity contribution is 0.553. The molecule has 1 aliphatic rings. The number of nitrogens with zero attached hydrogens (tertiary/aromatic N) is 2. The second kappa shape index (κ2) is 5.17. The number of rotatable bonds is 2. The lowest BCUT2D eigenvalue weighted by Crippen LogP contribution is -2.18. The van der Waals surface area contributed by atoms with Crippen molar-refractivity contribution >= 4 is 16.7 Å². The maximum atomic E-state index is 4.64. The maximum absolute atomic E-state index is 4.64. The Morgan fingerprint density at radius 2 is 2.05 bits per heavy atom. The highest BCUT2D eigenvalue weighted by molar-refractivity contribution is 7.09. The van der Waals surface area contributed by atoms with Gasteiger partial charge in [-0.3, -0.25) is 0 Å². The second-order valence-corrected chi connectivity index (χ2v) is 7.21. The van der Waals surface area contributed by atoms with E-state index < -0.39 is 0 Å². The second-order valence-electron chi connectivity index (χ2n) is 6.46. The van der Waals surface area contributed by atoms with E-state index in [1.54, 1.807) is 0 Å². The van der Waals surface area contributed by atoms with Crippen molar-refractivity contribution in [2.75, 3.05) is 5.32 Å². The Bertz CT molecular complexity index is 598. The zero-order valence-corrected chi connectivity index (χ0v) is 13.1. The molecule has 3 rings (SSSR count). The van der Waals surface area contributed by atoms with Crippen molar-refractivity contribution in [3.63, 3.8) is 0 Å². The summed E-state index contributed by atoms with van der Waals surface area (Å²) in [6.45, 7) is 6.44. The molecule has 20 heavy (non-hydrogen) atoms. The van der Waals surface area contributed by atoms with Crippen LogP contribution in [-0.4, -0.2) is 9.36 Å². The van der Waals surface area contributed by atoms with Crippen molar-refractivity contribution in [1.29, 1.82) is 0 Å². The summed E-state index contributed by atoms with van der Waals surface area (Å²) in [6, 6.07) is 9.10. The Balaban J connectivity index is 1.81. The molecule has 0 aliphatic heterocycles. The van der Waals surface area contributed by atoms with Gasteiger partial charge in [-0.15, -0.1) is 0 Å². The van der Waals surface area contributed by atoms with Crippen molar-refractivity contribution in [3.05, 3.63) is 41.2 Å². The van der Waals surface area contributed by atoms with Crippen LogP contribution in [0.3, 0.4) is 0 Å². The highest BCUT2D eigenvalue weighted by Crippen LogP contribution is 2.33. The number of hydrogen-bond acceptors (Lipinski definition) is 4. The quantitative estimate of drug-likeness (QED) is 0.893. The number of aryl methyl sites for hydroxylation is 1. The fraction of sp³-hybridized carbons (Fsp3) is 0.500. The Morgan fingerprint density at radius 3 is 2.80 bits per heavy atom. The van der Waals surface area contributed by atoms with Crippen LogP contribution in [0.1, 0.15) is 56.6 Å². The molecule has 1 N–H and O–H groups in total. The number of nitrogens with one attached hydrogen (secondary N) is 1. The Morgan fingerprint density at radius 1 is 1.25 bits per heavy atom. The third-order valence-electron chi connectivity index (χ3n) is 3.76. The van der Waals surface area contributed by atoms with E-state index in [2.05, 4.69) is 59.7 Å². The number of aromatic nitrogens is 2. The third-order valence-corrected chi connectivity index (χ3v) is 4.41. The van der Waals surface area contributed by atoms with Gasteiger partial charge in [-0.25, -0.2) is 4.98 Å². The molecule has 1 atom stereocenters. The SMILES string of the molecule is CC(C)(C)c1nsc(NC2CCCc3ccccc32)n1. The Hall–Kier alpha value is -1.42. The molecular weight excluding hydrogens is 266 g/mol. The summed E-state index contributed by atoms with van der Waals surface area (Å²) < 4.78 is 4.48. The molecule has 1 aromatic heterocycles. The first-order chi connectivity index (χ1) is 9.54. The van der Waals surface area contributed by atoms with Crippen molar-refractivity contribution in [2.45, 2.75) is 51.5 Å². The summed E-state index contributed by atoms with van der Waals surface area (Å²) in [5.41, 5.74) is 2.91. The molecule has 0 saturated carbocycles. The van der Waals surface area contributed by atoms with E-state index in [1.807, 2.05) is 0 Å². The van der Waals surface area contributed by atoms with Crippen LogP contribution in [0.25, 0.3) is 0 Å². The number of hydrogen-bond donors (Lipinski definition) is 1. The van der Waals surface area contributed by atoms with Gasteiger partial charge in [0.05, 0.1) is 6.04 Å². The minimum absolute atomic E-state index is 0.0148. The fourth-order valence-electron chi connectivity index (χ4n) is 2.64. The first-order valence-corrected chi connectivity index (χ1v) is 8.00. The van der Waals surface area contributed by atoms with Gasteiger partial charge >= 0.3 is 0 Å². The molecule has 106 valence electrons. The average Bonchev–Trinajstić information content (AvgIpc) is 2.88. The van der Waals surface area contributed by atoms with Gasteiger partial charge in [0, 0.05) is 16.9 Å². The van der Waals surface area contributed by atoms with Crippen LogP contribution >= 0.6 is 11.5 Å². The van der Waals surface area contributed by atoms with Gasteiger partial charge in [-0.1, -0.05) is 45.0 Å². The smallest absolute Gasteiger partial charge is 0.203 e. The summed E-state index contributed by atoms with van der Waals surface area (Å²) in [4.78, 5) is 4.64. The lowest BCUT2D eigenvalue weighted by atomic mass is 9.88. The molecule has 1 heterocycles. The van der Waals surface area contributed by atoms with Gasteiger partial charge in [0.25, 0.3) is 0 Å². The van der Waals surface area contributed by atoms with Gasteiger partial charge in [-0.2, -0.15) is 4.37 Å². The molecule has 3 nitrogen and oxygen atoms in total. The van der Waals surface area contributed by atoms with Crippen LogP contribution in [0.4, 0.5) is 5.13 Å². The molecule has 1 aromatic carbocycles. The minimum atomic E-state index is 0.0148. The van der Waals surface area contributed by atoms with Crippen LogP contribution < -0.4 is 5.32 Å². The molecule has 0 fully saturated rings. The van der Waals surface area contributed by atoms with Gasteiger partial charge in [0.1, 0.15) is 5.82 Å². The van der Waals surface area contributed by atoms with Crippen LogP contribution in [0, 0.1) is 0 Å². The van der Waals surface area contributed by atoms with Gasteiger partial charge in [-0.05, 0) is 30.4 Å². The minimum Gasteiger partial charge on any atom is -0.353 e. The molecule has 0 spiro atoms. The van der Waals surface area contributed by atoms with Crippen LogP contribution in [0.5, 0.6) is 0 Å². The van der Waals surface area contributed by atoms with Crippen LogP contribution in [0.15, 0.2) is 24.3 Å². The van der Waals surface area contributed by atoms with Crippen molar-refractivity contribution in [1.82, 2.24) is 9.36 Å². The van der Waals surface area contributed by atoms with Crippen molar-refractivity contribution in [3.8, 4) is 0 Å². The molecule has 0 radical (unpaired) electrons. The first kappa shape index (κ1) is 13.6. The molecule has 1 unspecified atom stereocenters. The molecule has 4 heteroatoms. The molecule has 0 saturated heterocycles. The maximum Gasteiger partial charge on any atom is 0.203 e. The Kier molecular flexibility index (Phi) is 3.50.